The lowest BCUT2D eigenvalue weighted by Crippen LogP contribution is -2.30. The van der Waals surface area contributed by atoms with Gasteiger partial charge in [0, 0.05) is 53.5 Å². The summed E-state index contributed by atoms with van der Waals surface area (Å²) in [5.41, 5.74) is 13.7. The molecule has 11 rings (SSSR count). The van der Waals surface area contributed by atoms with E-state index in [4.69, 9.17) is 4.42 Å². The molecule has 0 spiro atoms. The molecule has 0 aliphatic heterocycles. The summed E-state index contributed by atoms with van der Waals surface area (Å²) in [6.45, 7) is 4.77. The van der Waals surface area contributed by atoms with Crippen molar-refractivity contribution in [3.8, 4) is 11.1 Å². The topological polar surface area (TPSA) is 16.4 Å². The third-order valence-corrected chi connectivity index (χ3v) is 13.7. The van der Waals surface area contributed by atoms with Crippen LogP contribution in [0.1, 0.15) is 50.7 Å². The van der Waals surface area contributed by atoms with E-state index in [2.05, 4.69) is 170 Å². The number of hydrogen-bond donors (Lipinski definition) is 0. The van der Waals surface area contributed by atoms with Gasteiger partial charge in [0.05, 0.1) is 11.7 Å². The highest BCUT2D eigenvalue weighted by Crippen LogP contribution is 2.54. The van der Waals surface area contributed by atoms with E-state index < -0.39 is 0 Å². The molecule has 4 aliphatic rings. The molecule has 0 fully saturated rings. The van der Waals surface area contributed by atoms with Crippen molar-refractivity contribution in [2.45, 2.75) is 51.0 Å². The monoisotopic (exact) mass is 715 g/mol. The van der Waals surface area contributed by atoms with Crippen molar-refractivity contribution in [2.24, 2.45) is 5.92 Å². The molecule has 0 radical (unpaired) electrons. The largest absolute Gasteiger partial charge is 0.453 e. The van der Waals surface area contributed by atoms with Crippen LogP contribution in [0.4, 0.5) is 11.4 Å². The van der Waals surface area contributed by atoms with Crippen molar-refractivity contribution in [3.63, 3.8) is 0 Å². The highest BCUT2D eigenvalue weighted by molar-refractivity contribution is 7.26. The first-order valence-electron chi connectivity index (χ1n) is 19.5. The van der Waals surface area contributed by atoms with Gasteiger partial charge in [0.25, 0.3) is 0 Å². The second-order valence-electron chi connectivity index (χ2n) is 15.8. The fourth-order valence-electron chi connectivity index (χ4n) is 9.74. The number of anilines is 2. The minimum Gasteiger partial charge on any atom is -0.453 e. The third-order valence-electron chi connectivity index (χ3n) is 12.5. The molecule has 2 aromatic heterocycles. The Bertz CT molecular complexity index is 2860. The summed E-state index contributed by atoms with van der Waals surface area (Å²) in [7, 11) is 0. The number of hydrogen-bond acceptors (Lipinski definition) is 3. The normalized spacial score (nSPS) is 20.0. The van der Waals surface area contributed by atoms with Crippen molar-refractivity contribution in [2.75, 3.05) is 4.90 Å². The zero-order valence-electron chi connectivity index (χ0n) is 30.7. The van der Waals surface area contributed by atoms with Crippen molar-refractivity contribution < 1.29 is 4.42 Å². The number of furan rings is 1. The Hall–Kier alpha value is -5.64. The van der Waals surface area contributed by atoms with Gasteiger partial charge in [-0.1, -0.05) is 147 Å². The molecule has 0 saturated heterocycles. The van der Waals surface area contributed by atoms with Gasteiger partial charge >= 0.3 is 0 Å². The van der Waals surface area contributed by atoms with Crippen molar-refractivity contribution in [3.05, 3.63) is 174 Å². The molecular weight excluding hydrogens is 675 g/mol. The first kappa shape index (κ1) is 31.8. The Morgan fingerprint density at radius 1 is 0.722 bits per heavy atom. The molecule has 0 saturated carbocycles. The summed E-state index contributed by atoms with van der Waals surface area (Å²) in [6.07, 6.45) is 25.1. The summed E-state index contributed by atoms with van der Waals surface area (Å²) in [4.78, 5) is 2.52. The summed E-state index contributed by atoms with van der Waals surface area (Å²) in [5.74, 6) is 0.440. The van der Waals surface area contributed by atoms with E-state index in [0.29, 0.717) is 5.92 Å². The second kappa shape index (κ2) is 12.2. The van der Waals surface area contributed by atoms with Gasteiger partial charge in [-0.15, -0.1) is 11.3 Å². The smallest absolute Gasteiger partial charge is 0.159 e. The predicted octanol–water partition coefficient (Wildman–Crippen LogP) is 14.5. The van der Waals surface area contributed by atoms with E-state index in [-0.39, 0.29) is 11.5 Å². The highest BCUT2D eigenvalue weighted by atomic mass is 32.1. The zero-order valence-corrected chi connectivity index (χ0v) is 31.5. The van der Waals surface area contributed by atoms with Crippen LogP contribution < -0.4 is 4.90 Å². The summed E-state index contributed by atoms with van der Waals surface area (Å²) in [5, 5.41) is 5.03. The van der Waals surface area contributed by atoms with Gasteiger partial charge in [-0.3, -0.25) is 0 Å². The van der Waals surface area contributed by atoms with Crippen LogP contribution >= 0.6 is 11.3 Å². The molecule has 4 aliphatic carbocycles. The number of nitrogens with zero attached hydrogens (tertiary/aromatic N) is 1. The van der Waals surface area contributed by atoms with Gasteiger partial charge in [0.1, 0.15) is 5.58 Å². The van der Waals surface area contributed by atoms with E-state index in [1.54, 1.807) is 5.57 Å². The van der Waals surface area contributed by atoms with Crippen LogP contribution in [0.5, 0.6) is 0 Å². The highest BCUT2D eigenvalue weighted by Gasteiger charge is 2.39. The zero-order chi connectivity index (χ0) is 36.0. The molecule has 262 valence electrons. The predicted molar refractivity (Wildman–Crippen MR) is 231 cm³/mol. The maximum atomic E-state index is 7.18. The Morgan fingerprint density at radius 3 is 2.41 bits per heavy atom. The summed E-state index contributed by atoms with van der Waals surface area (Å²) in [6, 6.07) is 36.3. The van der Waals surface area contributed by atoms with Crippen molar-refractivity contribution in [1.82, 2.24) is 0 Å². The van der Waals surface area contributed by atoms with Gasteiger partial charge in [-0.2, -0.15) is 0 Å². The molecule has 0 bridgehead atoms. The fraction of sp³-hybridized carbons (Fsp3) is 0.176. The van der Waals surface area contributed by atoms with Crippen LogP contribution in [0.2, 0.25) is 0 Å². The minimum atomic E-state index is -0.000380. The maximum absolute atomic E-state index is 7.18. The maximum Gasteiger partial charge on any atom is 0.159 e. The molecule has 0 amide bonds. The lowest BCUT2D eigenvalue weighted by Gasteiger charge is -2.34. The first-order valence-corrected chi connectivity index (χ1v) is 20.3. The number of rotatable bonds is 5. The standard InChI is InChI=1S/C51H41NOS/c1-51(2)43-19-8-6-15-42(43)47-44(51)31-30-40-39-17-11-20-45(48(39)53-49(40)47)52(35-26-22-33(23-27-35)32-12-4-3-5-13-32)36-28-24-34(25-29-36)37-16-10-18-41-38-14-7-9-21-46(38)54-50(37)41/h3-7,9-12,14-18,20-26,28-32,35H,8,13,19,27H2,1-2H3. The molecule has 2 nitrogen and oxygen atoms in total. The van der Waals surface area contributed by atoms with E-state index in [1.807, 2.05) is 11.3 Å². The van der Waals surface area contributed by atoms with Gasteiger partial charge < -0.3 is 9.32 Å². The average Bonchev–Trinajstić information content (AvgIpc) is 3.87. The molecule has 2 unspecified atom stereocenters. The molecule has 2 atom stereocenters. The molecule has 2 heterocycles. The van der Waals surface area contributed by atoms with E-state index in [9.17, 15) is 0 Å². The molecule has 54 heavy (non-hydrogen) atoms. The Labute approximate surface area is 320 Å². The molecule has 5 aromatic carbocycles. The van der Waals surface area contributed by atoms with Crippen molar-refractivity contribution in [1.29, 1.82) is 0 Å². The van der Waals surface area contributed by atoms with Crippen LogP contribution in [0, 0.1) is 5.92 Å². The molecule has 0 N–H and O–H groups in total. The first-order chi connectivity index (χ1) is 26.5. The van der Waals surface area contributed by atoms with Gasteiger partial charge in [-0.25, -0.2) is 0 Å². The van der Waals surface area contributed by atoms with Gasteiger partial charge in [0.2, 0.25) is 0 Å². The van der Waals surface area contributed by atoms with E-state index in [1.165, 1.54) is 64.3 Å². The Kier molecular flexibility index (Phi) is 7.19. The fourth-order valence-corrected chi connectivity index (χ4v) is 11.0. The van der Waals surface area contributed by atoms with E-state index in [0.717, 1.165) is 48.2 Å². The quantitative estimate of drug-likeness (QED) is 0.176. The third kappa shape index (κ3) is 4.77. The second-order valence-corrected chi connectivity index (χ2v) is 16.9. The number of benzene rings is 5. The number of para-hydroxylation sites is 1. The lowest BCUT2D eigenvalue weighted by molar-refractivity contribution is 0.605. The van der Waals surface area contributed by atoms with Crippen LogP contribution in [0.3, 0.4) is 0 Å². The lowest BCUT2D eigenvalue weighted by atomic mass is 9.78. The Morgan fingerprint density at radius 2 is 1.56 bits per heavy atom. The van der Waals surface area contributed by atoms with Crippen molar-refractivity contribution >= 4 is 70.4 Å². The summed E-state index contributed by atoms with van der Waals surface area (Å²) >= 11 is 1.89. The van der Waals surface area contributed by atoms with Gasteiger partial charge in [-0.05, 0) is 77.8 Å². The number of thiophene rings is 1. The summed E-state index contributed by atoms with van der Waals surface area (Å²) < 4.78 is 9.86. The molecule has 7 aromatic rings. The van der Waals surface area contributed by atoms with Crippen LogP contribution in [0.15, 0.2) is 167 Å². The SMILES string of the molecule is CC1(C)C2=C(C=CCC2)c2c1ccc1c2oc2c(N(c3ccc(-c4cccc5c4sc4ccccc45)cc3)C3C=CC(C4C=CC=CC4)=CC3)cccc21. The Balaban J connectivity index is 1.05. The van der Waals surface area contributed by atoms with Crippen LogP contribution in [-0.2, 0) is 5.41 Å². The number of fused-ring (bicyclic) bond motifs is 9. The molecular formula is C51H41NOS. The molecule has 3 heteroatoms. The van der Waals surface area contributed by atoms with Crippen LogP contribution in [0.25, 0.3) is 58.8 Å². The van der Waals surface area contributed by atoms with Gasteiger partial charge in [0.15, 0.2) is 5.58 Å². The number of allylic oxidation sites excluding steroid dienone is 10. The average molecular weight is 716 g/mol. The van der Waals surface area contributed by atoms with E-state index >= 15 is 0 Å². The minimum absolute atomic E-state index is 0.000380. The van der Waals surface area contributed by atoms with Crippen LogP contribution in [-0.4, -0.2) is 6.04 Å².